The lowest BCUT2D eigenvalue weighted by Crippen LogP contribution is -2.17. The molecule has 4 heteroatoms. The fourth-order valence-corrected chi connectivity index (χ4v) is 2.71. The van der Waals surface area contributed by atoms with Crippen LogP contribution in [0.3, 0.4) is 0 Å². The summed E-state index contributed by atoms with van der Waals surface area (Å²) in [5, 5.41) is 13.2. The van der Waals surface area contributed by atoms with E-state index in [9.17, 15) is 5.11 Å². The highest BCUT2D eigenvalue weighted by atomic mass is 16.3. The van der Waals surface area contributed by atoms with Crippen LogP contribution in [0.2, 0.25) is 0 Å². The Morgan fingerprint density at radius 2 is 2.00 bits per heavy atom. The second-order valence-corrected chi connectivity index (χ2v) is 5.52. The van der Waals surface area contributed by atoms with Gasteiger partial charge in [0.1, 0.15) is 11.4 Å². The molecule has 0 unspecified atom stereocenters. The maximum atomic E-state index is 9.83. The van der Waals surface area contributed by atoms with Crippen molar-refractivity contribution in [2.45, 2.75) is 26.3 Å². The molecule has 0 aliphatic carbocycles. The maximum Gasteiger partial charge on any atom is 0.138 e. The molecule has 3 rings (SSSR count). The summed E-state index contributed by atoms with van der Waals surface area (Å²) >= 11 is 0. The summed E-state index contributed by atoms with van der Waals surface area (Å²) in [6.07, 6.45) is 2.55. The van der Waals surface area contributed by atoms with Gasteiger partial charge in [0, 0.05) is 30.2 Å². The van der Waals surface area contributed by atoms with Crippen LogP contribution in [0.5, 0.6) is 5.75 Å². The molecule has 2 aromatic rings. The number of pyridine rings is 1. The van der Waals surface area contributed by atoms with Gasteiger partial charge in [0.2, 0.25) is 0 Å². The van der Waals surface area contributed by atoms with Crippen molar-refractivity contribution in [1.82, 2.24) is 4.98 Å². The van der Waals surface area contributed by atoms with E-state index in [1.165, 1.54) is 18.5 Å². The van der Waals surface area contributed by atoms with Gasteiger partial charge < -0.3 is 15.3 Å². The molecule has 2 heterocycles. The smallest absolute Gasteiger partial charge is 0.138 e. The van der Waals surface area contributed by atoms with Crippen molar-refractivity contribution < 1.29 is 5.11 Å². The van der Waals surface area contributed by atoms with Crippen molar-refractivity contribution in [3.8, 4) is 5.75 Å². The first-order chi connectivity index (χ1) is 10.2. The SMILES string of the molecule is Cc1ccc(O)c(CNc2cccc(N3CCCC3)c2)n1. The summed E-state index contributed by atoms with van der Waals surface area (Å²) in [6.45, 7) is 4.74. The largest absolute Gasteiger partial charge is 0.506 e. The molecule has 0 saturated carbocycles. The van der Waals surface area contributed by atoms with E-state index in [1.807, 2.05) is 19.1 Å². The summed E-state index contributed by atoms with van der Waals surface area (Å²) < 4.78 is 0. The Hall–Kier alpha value is -2.23. The highest BCUT2D eigenvalue weighted by Crippen LogP contribution is 2.24. The van der Waals surface area contributed by atoms with Gasteiger partial charge in [0.05, 0.1) is 6.54 Å². The molecule has 0 radical (unpaired) electrons. The molecular formula is C17H21N3O. The van der Waals surface area contributed by atoms with Gasteiger partial charge in [-0.3, -0.25) is 4.98 Å². The molecule has 1 aromatic heterocycles. The van der Waals surface area contributed by atoms with Gasteiger partial charge >= 0.3 is 0 Å². The second kappa shape index (κ2) is 6.04. The molecule has 4 nitrogen and oxygen atoms in total. The second-order valence-electron chi connectivity index (χ2n) is 5.52. The minimum Gasteiger partial charge on any atom is -0.506 e. The van der Waals surface area contributed by atoms with Crippen LogP contribution >= 0.6 is 0 Å². The fourth-order valence-electron chi connectivity index (χ4n) is 2.71. The first kappa shape index (κ1) is 13.7. The fraction of sp³-hybridized carbons (Fsp3) is 0.353. The average Bonchev–Trinajstić information content (AvgIpc) is 3.03. The summed E-state index contributed by atoms with van der Waals surface area (Å²) in [4.78, 5) is 6.78. The zero-order valence-electron chi connectivity index (χ0n) is 12.3. The Kier molecular flexibility index (Phi) is 3.95. The third-order valence-electron chi connectivity index (χ3n) is 3.87. The Bertz CT molecular complexity index is 621. The zero-order valence-corrected chi connectivity index (χ0v) is 12.3. The van der Waals surface area contributed by atoms with Crippen molar-refractivity contribution in [2.75, 3.05) is 23.3 Å². The van der Waals surface area contributed by atoms with Crippen LogP contribution in [0.4, 0.5) is 11.4 Å². The molecule has 1 saturated heterocycles. The minimum atomic E-state index is 0.240. The monoisotopic (exact) mass is 283 g/mol. The normalized spacial score (nSPS) is 14.4. The van der Waals surface area contributed by atoms with Gasteiger partial charge in [0.15, 0.2) is 0 Å². The van der Waals surface area contributed by atoms with E-state index in [0.29, 0.717) is 12.2 Å². The quantitative estimate of drug-likeness (QED) is 0.904. The Morgan fingerprint density at radius 1 is 1.19 bits per heavy atom. The van der Waals surface area contributed by atoms with Crippen LogP contribution in [0, 0.1) is 6.92 Å². The lowest BCUT2D eigenvalue weighted by atomic mass is 10.2. The highest BCUT2D eigenvalue weighted by molar-refractivity contribution is 5.58. The number of benzene rings is 1. The summed E-state index contributed by atoms with van der Waals surface area (Å²) in [5.74, 6) is 0.240. The first-order valence-electron chi connectivity index (χ1n) is 7.47. The summed E-state index contributed by atoms with van der Waals surface area (Å²) in [5.41, 5.74) is 3.91. The number of aromatic hydroxyl groups is 1. The van der Waals surface area contributed by atoms with Crippen molar-refractivity contribution in [1.29, 1.82) is 0 Å². The third kappa shape index (κ3) is 3.27. The van der Waals surface area contributed by atoms with Gasteiger partial charge in [0.25, 0.3) is 0 Å². The Labute approximate surface area is 125 Å². The van der Waals surface area contributed by atoms with Crippen molar-refractivity contribution in [2.24, 2.45) is 0 Å². The molecule has 0 spiro atoms. The molecule has 110 valence electrons. The number of nitrogens with zero attached hydrogens (tertiary/aromatic N) is 2. The average molecular weight is 283 g/mol. The standard InChI is InChI=1S/C17H21N3O/c1-13-7-8-17(21)16(19-13)12-18-14-5-4-6-15(11-14)20-9-2-3-10-20/h4-8,11,18,21H,2-3,9-10,12H2,1H3. The minimum absolute atomic E-state index is 0.240. The number of anilines is 2. The number of nitrogens with one attached hydrogen (secondary N) is 1. The van der Waals surface area contributed by atoms with Crippen molar-refractivity contribution >= 4 is 11.4 Å². The van der Waals surface area contributed by atoms with Gasteiger partial charge in [-0.15, -0.1) is 0 Å². The van der Waals surface area contributed by atoms with E-state index < -0.39 is 0 Å². The van der Waals surface area contributed by atoms with Gasteiger partial charge in [-0.25, -0.2) is 0 Å². The van der Waals surface area contributed by atoms with E-state index in [0.717, 1.165) is 24.5 Å². The van der Waals surface area contributed by atoms with E-state index >= 15 is 0 Å². The van der Waals surface area contributed by atoms with Crippen LogP contribution in [0.25, 0.3) is 0 Å². The lowest BCUT2D eigenvalue weighted by molar-refractivity contribution is 0.464. The summed E-state index contributed by atoms with van der Waals surface area (Å²) in [6, 6.07) is 11.9. The zero-order chi connectivity index (χ0) is 14.7. The number of hydrogen-bond acceptors (Lipinski definition) is 4. The van der Waals surface area contributed by atoms with Crippen molar-refractivity contribution in [3.63, 3.8) is 0 Å². The molecule has 1 aliphatic rings. The molecule has 1 fully saturated rings. The van der Waals surface area contributed by atoms with Crippen LogP contribution in [-0.2, 0) is 6.54 Å². The first-order valence-corrected chi connectivity index (χ1v) is 7.47. The lowest BCUT2D eigenvalue weighted by Gasteiger charge is -2.18. The van der Waals surface area contributed by atoms with E-state index in [-0.39, 0.29) is 5.75 Å². The van der Waals surface area contributed by atoms with E-state index in [2.05, 4.69) is 33.4 Å². The highest BCUT2D eigenvalue weighted by Gasteiger charge is 2.12. The van der Waals surface area contributed by atoms with E-state index in [1.54, 1.807) is 6.07 Å². The number of rotatable bonds is 4. The van der Waals surface area contributed by atoms with E-state index in [4.69, 9.17) is 0 Å². The molecule has 2 N–H and O–H groups in total. The van der Waals surface area contributed by atoms with Crippen LogP contribution < -0.4 is 10.2 Å². The Balaban J connectivity index is 1.70. The topological polar surface area (TPSA) is 48.4 Å². The number of aryl methyl sites for hydroxylation is 1. The van der Waals surface area contributed by atoms with Crippen LogP contribution in [0.15, 0.2) is 36.4 Å². The number of hydrogen-bond donors (Lipinski definition) is 2. The summed E-state index contributed by atoms with van der Waals surface area (Å²) in [7, 11) is 0. The van der Waals surface area contributed by atoms with Crippen LogP contribution in [-0.4, -0.2) is 23.2 Å². The molecule has 1 aliphatic heterocycles. The molecule has 0 amide bonds. The number of aromatic nitrogens is 1. The van der Waals surface area contributed by atoms with Gasteiger partial charge in [-0.1, -0.05) is 6.07 Å². The maximum absolute atomic E-state index is 9.83. The molecule has 0 bridgehead atoms. The molecule has 0 atom stereocenters. The molecular weight excluding hydrogens is 262 g/mol. The third-order valence-corrected chi connectivity index (χ3v) is 3.87. The van der Waals surface area contributed by atoms with Crippen molar-refractivity contribution in [3.05, 3.63) is 47.8 Å². The molecule has 1 aromatic carbocycles. The van der Waals surface area contributed by atoms with Crippen LogP contribution in [0.1, 0.15) is 24.2 Å². The predicted octanol–water partition coefficient (Wildman–Crippen LogP) is 3.31. The van der Waals surface area contributed by atoms with Gasteiger partial charge in [-0.2, -0.15) is 0 Å². The van der Waals surface area contributed by atoms with Gasteiger partial charge in [-0.05, 0) is 50.1 Å². The molecule has 21 heavy (non-hydrogen) atoms. The Morgan fingerprint density at radius 3 is 2.81 bits per heavy atom. The predicted molar refractivity (Wildman–Crippen MR) is 85.9 cm³/mol.